The van der Waals surface area contributed by atoms with E-state index in [-0.39, 0.29) is 5.28 Å². The lowest BCUT2D eigenvalue weighted by Gasteiger charge is -2.09. The molecule has 0 aliphatic heterocycles. The van der Waals surface area contributed by atoms with E-state index in [1.807, 2.05) is 49.4 Å². The van der Waals surface area contributed by atoms with Gasteiger partial charge in [-0.15, -0.1) is 0 Å². The first-order chi connectivity index (χ1) is 9.72. The van der Waals surface area contributed by atoms with Gasteiger partial charge in [0, 0.05) is 11.1 Å². The Morgan fingerprint density at radius 2 is 1.85 bits per heavy atom. The lowest BCUT2D eigenvalue weighted by atomic mass is 10.2. The number of halogens is 1. The summed E-state index contributed by atoms with van der Waals surface area (Å²) in [7, 11) is 0. The van der Waals surface area contributed by atoms with E-state index in [1.54, 1.807) is 0 Å². The smallest absolute Gasteiger partial charge is 0.224 e. The number of hydrogen-bond acceptors (Lipinski definition) is 4. The molecule has 0 atom stereocenters. The quantitative estimate of drug-likeness (QED) is 0.747. The Morgan fingerprint density at radius 1 is 1.00 bits per heavy atom. The van der Waals surface area contributed by atoms with Crippen molar-refractivity contribution in [2.45, 2.75) is 13.5 Å². The van der Waals surface area contributed by atoms with E-state index in [1.165, 1.54) is 0 Å². The van der Waals surface area contributed by atoms with Gasteiger partial charge in [-0.25, -0.2) is 9.97 Å². The van der Waals surface area contributed by atoms with Crippen molar-refractivity contribution in [1.29, 1.82) is 0 Å². The number of anilines is 1. The van der Waals surface area contributed by atoms with Crippen molar-refractivity contribution < 1.29 is 0 Å². The zero-order chi connectivity index (χ0) is 13.9. The molecule has 0 fully saturated rings. The minimum Gasteiger partial charge on any atom is -0.364 e. The number of benzene rings is 1. The lowest BCUT2D eigenvalue weighted by molar-refractivity contribution is 1.00. The number of rotatable bonds is 3. The SMILES string of the molecule is Cc1cccc(CNc2nc(Cl)nc3ccccc23)n1. The molecule has 1 N–H and O–H groups in total. The molecular weight excluding hydrogens is 272 g/mol. The molecule has 5 heteroatoms. The Balaban J connectivity index is 1.91. The van der Waals surface area contributed by atoms with Crippen LogP contribution in [0.3, 0.4) is 0 Å². The van der Waals surface area contributed by atoms with Gasteiger partial charge in [-0.1, -0.05) is 18.2 Å². The zero-order valence-electron chi connectivity index (χ0n) is 11.0. The third-order valence-electron chi connectivity index (χ3n) is 2.96. The number of para-hydroxylation sites is 1. The van der Waals surface area contributed by atoms with Crippen LogP contribution in [0.25, 0.3) is 10.9 Å². The number of nitrogens with zero attached hydrogens (tertiary/aromatic N) is 3. The van der Waals surface area contributed by atoms with Gasteiger partial charge in [0.25, 0.3) is 0 Å². The molecule has 0 aliphatic carbocycles. The number of aryl methyl sites for hydroxylation is 1. The number of fused-ring (bicyclic) bond motifs is 1. The Bertz CT molecular complexity index is 758. The van der Waals surface area contributed by atoms with E-state index in [2.05, 4.69) is 20.3 Å². The third kappa shape index (κ3) is 2.70. The van der Waals surface area contributed by atoms with Crippen molar-refractivity contribution in [3.8, 4) is 0 Å². The van der Waals surface area contributed by atoms with Crippen LogP contribution in [0, 0.1) is 6.92 Å². The second-order valence-corrected chi connectivity index (χ2v) is 4.82. The minimum atomic E-state index is 0.239. The van der Waals surface area contributed by atoms with Crippen molar-refractivity contribution in [2.75, 3.05) is 5.32 Å². The average Bonchev–Trinajstić information content (AvgIpc) is 2.44. The Labute approximate surface area is 121 Å². The van der Waals surface area contributed by atoms with E-state index < -0.39 is 0 Å². The van der Waals surface area contributed by atoms with Gasteiger partial charge in [0.15, 0.2) is 0 Å². The molecule has 0 spiro atoms. The summed E-state index contributed by atoms with van der Waals surface area (Å²) in [6, 6.07) is 13.7. The maximum absolute atomic E-state index is 5.95. The van der Waals surface area contributed by atoms with Crippen LogP contribution in [0.4, 0.5) is 5.82 Å². The first-order valence-electron chi connectivity index (χ1n) is 6.31. The van der Waals surface area contributed by atoms with E-state index in [9.17, 15) is 0 Å². The summed E-state index contributed by atoms with van der Waals surface area (Å²) in [5.41, 5.74) is 2.78. The van der Waals surface area contributed by atoms with Crippen molar-refractivity contribution in [3.05, 3.63) is 59.1 Å². The van der Waals surface area contributed by atoms with Gasteiger partial charge in [-0.2, -0.15) is 0 Å². The number of aromatic nitrogens is 3. The fourth-order valence-corrected chi connectivity index (χ4v) is 2.23. The van der Waals surface area contributed by atoms with Crippen LogP contribution >= 0.6 is 11.6 Å². The summed E-state index contributed by atoms with van der Waals surface area (Å²) in [6.07, 6.45) is 0. The monoisotopic (exact) mass is 284 g/mol. The summed E-state index contributed by atoms with van der Waals surface area (Å²) in [5.74, 6) is 0.726. The van der Waals surface area contributed by atoms with Crippen molar-refractivity contribution in [2.24, 2.45) is 0 Å². The molecule has 20 heavy (non-hydrogen) atoms. The first kappa shape index (κ1) is 12.8. The summed E-state index contributed by atoms with van der Waals surface area (Å²) < 4.78 is 0. The van der Waals surface area contributed by atoms with Gasteiger partial charge in [-0.3, -0.25) is 4.98 Å². The summed E-state index contributed by atoms with van der Waals surface area (Å²) in [4.78, 5) is 12.9. The molecule has 0 aliphatic rings. The van der Waals surface area contributed by atoms with E-state index >= 15 is 0 Å². The maximum atomic E-state index is 5.95. The van der Waals surface area contributed by atoms with Crippen LogP contribution in [0.5, 0.6) is 0 Å². The van der Waals surface area contributed by atoms with Gasteiger partial charge in [0.05, 0.1) is 17.8 Å². The molecule has 2 aromatic heterocycles. The van der Waals surface area contributed by atoms with E-state index in [4.69, 9.17) is 11.6 Å². The number of pyridine rings is 1. The largest absolute Gasteiger partial charge is 0.364 e. The predicted molar refractivity (Wildman–Crippen MR) is 80.8 cm³/mol. The molecule has 2 heterocycles. The van der Waals surface area contributed by atoms with Crippen molar-refractivity contribution >= 4 is 28.3 Å². The van der Waals surface area contributed by atoms with Gasteiger partial charge in [0.1, 0.15) is 5.82 Å². The number of nitrogens with one attached hydrogen (secondary N) is 1. The van der Waals surface area contributed by atoms with Crippen LogP contribution in [-0.2, 0) is 6.54 Å². The molecule has 0 saturated heterocycles. The molecule has 0 radical (unpaired) electrons. The van der Waals surface area contributed by atoms with E-state index in [0.29, 0.717) is 6.54 Å². The summed E-state index contributed by atoms with van der Waals surface area (Å²) in [5, 5.41) is 4.46. The van der Waals surface area contributed by atoms with Crippen LogP contribution < -0.4 is 5.32 Å². The molecule has 0 saturated carbocycles. The standard InChI is InChI=1S/C15H13ClN4/c1-10-5-4-6-11(18-10)9-17-14-12-7-2-3-8-13(12)19-15(16)20-14/h2-8H,9H2,1H3,(H,17,19,20). The highest BCUT2D eigenvalue weighted by molar-refractivity contribution is 6.28. The maximum Gasteiger partial charge on any atom is 0.224 e. The van der Waals surface area contributed by atoms with Gasteiger partial charge in [-0.05, 0) is 42.8 Å². The molecule has 0 unspecified atom stereocenters. The number of hydrogen-bond donors (Lipinski definition) is 1. The molecule has 100 valence electrons. The highest BCUT2D eigenvalue weighted by atomic mass is 35.5. The van der Waals surface area contributed by atoms with Gasteiger partial charge >= 0.3 is 0 Å². The Hall–Kier alpha value is -2.20. The van der Waals surface area contributed by atoms with Crippen LogP contribution in [0.2, 0.25) is 5.28 Å². The fourth-order valence-electron chi connectivity index (χ4n) is 2.06. The second kappa shape index (κ2) is 5.43. The molecular formula is C15H13ClN4. The fraction of sp³-hybridized carbons (Fsp3) is 0.133. The molecule has 1 aromatic carbocycles. The molecule has 3 rings (SSSR count). The normalized spacial score (nSPS) is 10.7. The highest BCUT2D eigenvalue weighted by Crippen LogP contribution is 2.22. The molecule has 4 nitrogen and oxygen atoms in total. The Morgan fingerprint density at radius 3 is 2.70 bits per heavy atom. The van der Waals surface area contributed by atoms with Crippen molar-refractivity contribution in [3.63, 3.8) is 0 Å². The van der Waals surface area contributed by atoms with Gasteiger partial charge < -0.3 is 5.32 Å². The molecule has 0 bridgehead atoms. The first-order valence-corrected chi connectivity index (χ1v) is 6.69. The molecule has 0 amide bonds. The Kier molecular flexibility index (Phi) is 3.48. The highest BCUT2D eigenvalue weighted by Gasteiger charge is 2.06. The van der Waals surface area contributed by atoms with E-state index in [0.717, 1.165) is 28.1 Å². The predicted octanol–water partition coefficient (Wildman–Crippen LogP) is 3.60. The van der Waals surface area contributed by atoms with Crippen LogP contribution in [0.15, 0.2) is 42.5 Å². The average molecular weight is 285 g/mol. The molecule has 3 aromatic rings. The summed E-state index contributed by atoms with van der Waals surface area (Å²) in [6.45, 7) is 2.57. The van der Waals surface area contributed by atoms with Crippen LogP contribution in [0.1, 0.15) is 11.4 Å². The topological polar surface area (TPSA) is 50.7 Å². The van der Waals surface area contributed by atoms with Crippen molar-refractivity contribution in [1.82, 2.24) is 15.0 Å². The zero-order valence-corrected chi connectivity index (χ0v) is 11.7. The minimum absolute atomic E-state index is 0.239. The summed E-state index contributed by atoms with van der Waals surface area (Å²) >= 11 is 5.95. The lowest BCUT2D eigenvalue weighted by Crippen LogP contribution is -2.05. The second-order valence-electron chi connectivity index (χ2n) is 4.48. The van der Waals surface area contributed by atoms with Crippen LogP contribution in [-0.4, -0.2) is 15.0 Å². The third-order valence-corrected chi connectivity index (χ3v) is 3.13. The van der Waals surface area contributed by atoms with Gasteiger partial charge in [0.2, 0.25) is 5.28 Å².